The van der Waals surface area contributed by atoms with Crippen molar-refractivity contribution >= 4 is 40.3 Å². The lowest BCUT2D eigenvalue weighted by molar-refractivity contribution is -0.110. The van der Waals surface area contributed by atoms with Gasteiger partial charge in [-0.25, -0.2) is 0 Å². The van der Waals surface area contributed by atoms with E-state index >= 15 is 0 Å². The molecule has 134 valence electrons. The van der Waals surface area contributed by atoms with E-state index in [2.05, 4.69) is 34.2 Å². The highest BCUT2D eigenvalue weighted by Gasteiger charge is 2.37. The number of hydrogen-bond acceptors (Lipinski definition) is 4. The summed E-state index contributed by atoms with van der Waals surface area (Å²) in [6.07, 6.45) is 1.04. The Morgan fingerprint density at radius 1 is 1.00 bits per heavy atom. The number of nitrogens with one attached hydrogen (secondary N) is 2. The molecule has 2 aromatic carbocycles. The Morgan fingerprint density at radius 3 is 2.59 bits per heavy atom. The van der Waals surface area contributed by atoms with Gasteiger partial charge in [0.25, 0.3) is 0 Å². The number of aromatic amines is 2. The first-order valence-electron chi connectivity index (χ1n) is 8.73. The highest BCUT2D eigenvalue weighted by Crippen LogP contribution is 2.49. The first-order valence-corrected chi connectivity index (χ1v) is 10.5. The molecule has 0 radical (unpaired) electrons. The van der Waals surface area contributed by atoms with Gasteiger partial charge in [0.15, 0.2) is 0 Å². The average Bonchev–Trinajstić information content (AvgIpc) is 3.27. The number of aromatic nitrogens is 2. The van der Waals surface area contributed by atoms with Crippen molar-refractivity contribution in [1.82, 2.24) is 9.97 Å². The lowest BCUT2D eigenvalue weighted by Gasteiger charge is -2.28. The average molecular weight is 393 g/mol. The molecule has 5 rings (SSSR count). The Bertz CT molecular complexity index is 1190. The minimum Gasteiger partial charge on any atom is -0.354 e. The molecule has 27 heavy (non-hydrogen) atoms. The lowest BCUT2D eigenvalue weighted by Crippen LogP contribution is -2.22. The minimum absolute atomic E-state index is 0.0647. The van der Waals surface area contributed by atoms with Gasteiger partial charge in [-0.1, -0.05) is 59.9 Å². The van der Waals surface area contributed by atoms with Crippen LogP contribution in [0.25, 0.3) is 22.2 Å². The molecule has 0 amide bonds. The number of carbonyl (C=O) groups is 1. The normalized spacial score (nSPS) is 19.1. The molecule has 0 unspecified atom stereocenters. The van der Waals surface area contributed by atoms with E-state index in [0.29, 0.717) is 5.75 Å². The Balaban J connectivity index is 1.84. The third-order valence-corrected chi connectivity index (χ3v) is 7.32. The SMILES string of the molecule is O=C[C@H]1CSc2[nH]c(=O)sc2[C@H]1c1c(-c2ccccc2)[nH]c2ccccc12. The Hall–Kier alpha value is -2.57. The molecule has 1 aliphatic heterocycles. The van der Waals surface area contributed by atoms with Crippen molar-refractivity contribution in [3.63, 3.8) is 0 Å². The fourth-order valence-electron chi connectivity index (χ4n) is 3.89. The van der Waals surface area contributed by atoms with Crippen molar-refractivity contribution in [2.45, 2.75) is 10.9 Å². The standard InChI is InChI=1S/C21H16N2O2S2/c24-10-13-11-26-20-19(27-21(25)23-20)16(13)17-14-8-4-5-9-15(14)22-18(17)12-6-2-1-3-7-12/h1-10,13,16,22H,11H2,(H,23,25)/t13-,16+/m0/s1. The van der Waals surface area contributed by atoms with Gasteiger partial charge in [-0.05, 0) is 17.2 Å². The second-order valence-electron chi connectivity index (χ2n) is 6.62. The first-order chi connectivity index (χ1) is 13.3. The predicted octanol–water partition coefficient (Wildman–Crippen LogP) is 4.64. The van der Waals surface area contributed by atoms with Gasteiger partial charge in [-0.2, -0.15) is 0 Å². The van der Waals surface area contributed by atoms with Crippen molar-refractivity contribution in [3.8, 4) is 11.3 Å². The van der Waals surface area contributed by atoms with Crippen LogP contribution in [-0.2, 0) is 4.79 Å². The summed E-state index contributed by atoms with van der Waals surface area (Å²) in [4.78, 5) is 31.4. The summed E-state index contributed by atoms with van der Waals surface area (Å²) in [5, 5.41) is 2.00. The number of benzene rings is 2. The summed E-state index contributed by atoms with van der Waals surface area (Å²) in [5.74, 6) is 0.367. The number of hydrogen-bond donors (Lipinski definition) is 2. The summed E-state index contributed by atoms with van der Waals surface area (Å²) in [7, 11) is 0. The molecule has 0 aliphatic carbocycles. The zero-order valence-electron chi connectivity index (χ0n) is 14.3. The van der Waals surface area contributed by atoms with Crippen molar-refractivity contribution < 1.29 is 4.79 Å². The van der Waals surface area contributed by atoms with Crippen LogP contribution in [0.15, 0.2) is 64.4 Å². The quantitative estimate of drug-likeness (QED) is 0.499. The second kappa shape index (κ2) is 6.55. The van der Waals surface area contributed by atoms with Crippen molar-refractivity contribution in [2.75, 3.05) is 5.75 Å². The Labute approximate surface area is 163 Å². The number of para-hydroxylation sites is 1. The molecule has 6 heteroatoms. The van der Waals surface area contributed by atoms with Crippen molar-refractivity contribution in [3.05, 3.63) is 74.7 Å². The van der Waals surface area contributed by atoms with Gasteiger partial charge in [0.2, 0.25) is 0 Å². The lowest BCUT2D eigenvalue weighted by atomic mass is 9.83. The molecule has 0 spiro atoms. The third kappa shape index (κ3) is 2.67. The van der Waals surface area contributed by atoms with Crippen LogP contribution >= 0.6 is 23.1 Å². The molecule has 3 heterocycles. The van der Waals surface area contributed by atoms with E-state index in [1.165, 1.54) is 11.3 Å². The molecule has 4 nitrogen and oxygen atoms in total. The second-order valence-corrected chi connectivity index (χ2v) is 8.67. The van der Waals surface area contributed by atoms with Crippen molar-refractivity contribution in [1.29, 1.82) is 0 Å². The van der Waals surface area contributed by atoms with Gasteiger partial charge < -0.3 is 14.8 Å². The summed E-state index contributed by atoms with van der Waals surface area (Å²) in [5.41, 5.74) is 4.24. The summed E-state index contributed by atoms with van der Waals surface area (Å²) in [6, 6.07) is 18.3. The molecule has 2 aromatic heterocycles. The third-order valence-electron chi connectivity index (χ3n) is 5.07. The smallest absolute Gasteiger partial charge is 0.305 e. The van der Waals surface area contributed by atoms with Gasteiger partial charge in [-0.15, -0.1) is 11.8 Å². The number of thiazole rings is 1. The van der Waals surface area contributed by atoms with Crippen LogP contribution < -0.4 is 4.87 Å². The van der Waals surface area contributed by atoms with Crippen LogP contribution in [0.5, 0.6) is 0 Å². The maximum Gasteiger partial charge on any atom is 0.305 e. The largest absolute Gasteiger partial charge is 0.354 e. The predicted molar refractivity (Wildman–Crippen MR) is 111 cm³/mol. The van der Waals surface area contributed by atoms with Gasteiger partial charge in [0.1, 0.15) is 6.29 Å². The van der Waals surface area contributed by atoms with Gasteiger partial charge in [-0.3, -0.25) is 4.79 Å². The first kappa shape index (κ1) is 16.6. The molecule has 0 saturated heterocycles. The molecular weight excluding hydrogens is 376 g/mol. The van der Waals surface area contributed by atoms with E-state index in [4.69, 9.17) is 0 Å². The highest BCUT2D eigenvalue weighted by molar-refractivity contribution is 7.99. The number of H-pyrrole nitrogens is 2. The number of aldehydes is 1. The zero-order valence-corrected chi connectivity index (χ0v) is 15.9. The molecule has 0 bridgehead atoms. The minimum atomic E-state index is -0.171. The number of fused-ring (bicyclic) bond motifs is 2. The number of carbonyl (C=O) groups excluding carboxylic acids is 1. The van der Waals surface area contributed by atoms with Gasteiger partial charge in [0, 0.05) is 33.4 Å². The van der Waals surface area contributed by atoms with E-state index in [1.54, 1.807) is 11.8 Å². The maximum atomic E-state index is 12.0. The van der Waals surface area contributed by atoms with Crippen molar-refractivity contribution in [2.24, 2.45) is 5.92 Å². The highest BCUT2D eigenvalue weighted by atomic mass is 32.2. The molecular formula is C21H16N2O2S2. The summed E-state index contributed by atoms with van der Waals surface area (Å²) < 4.78 is 0. The molecule has 1 aliphatic rings. The topological polar surface area (TPSA) is 65.7 Å². The molecule has 0 fully saturated rings. The Kier molecular flexibility index (Phi) is 4.02. The van der Waals surface area contributed by atoms with E-state index < -0.39 is 0 Å². The molecule has 2 N–H and O–H groups in total. The number of rotatable bonds is 3. The zero-order chi connectivity index (χ0) is 18.4. The van der Waals surface area contributed by atoms with Crippen LogP contribution in [-0.4, -0.2) is 22.0 Å². The van der Waals surface area contributed by atoms with Crippen LogP contribution in [0, 0.1) is 5.92 Å². The fraction of sp³-hybridized carbons (Fsp3) is 0.143. The summed E-state index contributed by atoms with van der Waals surface area (Å²) in [6.45, 7) is 0. The number of thioether (sulfide) groups is 1. The van der Waals surface area contributed by atoms with Crippen LogP contribution in [0.3, 0.4) is 0 Å². The van der Waals surface area contributed by atoms with Crippen LogP contribution in [0.2, 0.25) is 0 Å². The molecule has 2 atom stereocenters. The van der Waals surface area contributed by atoms with Crippen LogP contribution in [0.4, 0.5) is 0 Å². The van der Waals surface area contributed by atoms with Gasteiger partial charge >= 0.3 is 4.87 Å². The maximum absolute atomic E-state index is 12.0. The monoisotopic (exact) mass is 392 g/mol. The summed E-state index contributed by atoms with van der Waals surface area (Å²) >= 11 is 2.79. The van der Waals surface area contributed by atoms with Gasteiger partial charge in [0.05, 0.1) is 10.7 Å². The fourth-order valence-corrected chi connectivity index (χ4v) is 6.24. The van der Waals surface area contributed by atoms with E-state index in [0.717, 1.165) is 43.9 Å². The molecule has 0 saturated carbocycles. The molecule has 4 aromatic rings. The Morgan fingerprint density at radius 2 is 1.78 bits per heavy atom. The van der Waals surface area contributed by atoms with E-state index in [9.17, 15) is 9.59 Å². The van der Waals surface area contributed by atoms with E-state index in [1.807, 2.05) is 30.3 Å². The van der Waals surface area contributed by atoms with E-state index in [-0.39, 0.29) is 16.7 Å². The van der Waals surface area contributed by atoms with Crippen LogP contribution in [0.1, 0.15) is 16.4 Å².